The van der Waals surface area contributed by atoms with Gasteiger partial charge in [-0.3, -0.25) is 0 Å². The van der Waals surface area contributed by atoms with Gasteiger partial charge in [-0.05, 0) is 24.6 Å². The lowest BCUT2D eigenvalue weighted by molar-refractivity contribution is 0.0582. The van der Waals surface area contributed by atoms with E-state index >= 15 is 0 Å². The molecule has 0 aliphatic heterocycles. The van der Waals surface area contributed by atoms with Crippen molar-refractivity contribution in [3.8, 4) is 0 Å². The van der Waals surface area contributed by atoms with E-state index in [1.165, 1.54) is 12.1 Å². The van der Waals surface area contributed by atoms with Gasteiger partial charge in [-0.2, -0.15) is 4.72 Å². The van der Waals surface area contributed by atoms with Crippen molar-refractivity contribution in [2.75, 3.05) is 19.8 Å². The van der Waals surface area contributed by atoms with E-state index < -0.39 is 35.4 Å². The molecule has 0 unspecified atom stereocenters. The van der Waals surface area contributed by atoms with Gasteiger partial charge in [0.15, 0.2) is 0 Å². The van der Waals surface area contributed by atoms with Crippen LogP contribution in [0.15, 0.2) is 23.1 Å². The van der Waals surface area contributed by atoms with Crippen molar-refractivity contribution in [2.45, 2.75) is 17.4 Å². The van der Waals surface area contributed by atoms with Crippen LogP contribution >= 0.6 is 11.6 Å². The van der Waals surface area contributed by atoms with Crippen LogP contribution in [0.25, 0.3) is 0 Å². The molecular formula is C11H16ClNO5S. The van der Waals surface area contributed by atoms with Crippen LogP contribution in [0.4, 0.5) is 0 Å². The number of aryl methyl sites for hydroxylation is 1. The first kappa shape index (κ1) is 16.4. The summed E-state index contributed by atoms with van der Waals surface area (Å²) >= 11 is 5.76. The Bertz CT molecular complexity index is 534. The van der Waals surface area contributed by atoms with Crippen molar-refractivity contribution in [1.82, 2.24) is 4.72 Å². The summed E-state index contributed by atoms with van der Waals surface area (Å²) in [7, 11) is -4.02. The summed E-state index contributed by atoms with van der Waals surface area (Å²) in [6.07, 6.45) is 0. The van der Waals surface area contributed by atoms with Crippen molar-refractivity contribution >= 4 is 21.6 Å². The Labute approximate surface area is 116 Å². The van der Waals surface area contributed by atoms with Crippen molar-refractivity contribution in [2.24, 2.45) is 0 Å². The molecule has 0 heterocycles. The van der Waals surface area contributed by atoms with Crippen molar-refractivity contribution in [1.29, 1.82) is 0 Å². The minimum Gasteiger partial charge on any atom is -0.394 e. The quantitative estimate of drug-likeness (QED) is 0.574. The Morgan fingerprint density at radius 1 is 1.21 bits per heavy atom. The van der Waals surface area contributed by atoms with Crippen LogP contribution in [0.2, 0.25) is 5.02 Å². The number of sulfonamides is 1. The maximum absolute atomic E-state index is 12.2. The molecule has 0 saturated carbocycles. The van der Waals surface area contributed by atoms with Crippen LogP contribution < -0.4 is 4.72 Å². The van der Waals surface area contributed by atoms with E-state index in [2.05, 4.69) is 4.72 Å². The number of rotatable bonds is 6. The van der Waals surface area contributed by atoms with Crippen molar-refractivity contribution in [3.63, 3.8) is 0 Å². The summed E-state index contributed by atoms with van der Waals surface area (Å²) in [5.41, 5.74) is -1.26. The van der Waals surface area contributed by atoms with Crippen molar-refractivity contribution in [3.05, 3.63) is 28.8 Å². The number of hydrogen-bond donors (Lipinski definition) is 4. The molecule has 0 fully saturated rings. The number of hydrogen-bond acceptors (Lipinski definition) is 5. The smallest absolute Gasteiger partial charge is 0.241 e. The van der Waals surface area contributed by atoms with Crippen LogP contribution in [0.3, 0.4) is 0 Å². The van der Waals surface area contributed by atoms with E-state index in [0.29, 0.717) is 5.56 Å². The molecule has 0 aromatic heterocycles. The van der Waals surface area contributed by atoms with Crippen LogP contribution in [-0.4, -0.2) is 49.1 Å². The highest BCUT2D eigenvalue weighted by Gasteiger charge is 2.34. The predicted octanol–water partition coefficient (Wildman–Crippen LogP) is -0.358. The zero-order chi connectivity index (χ0) is 14.7. The van der Waals surface area contributed by atoms with Crippen LogP contribution in [-0.2, 0) is 10.0 Å². The van der Waals surface area contributed by atoms with Gasteiger partial charge in [-0.15, -0.1) is 0 Å². The van der Waals surface area contributed by atoms with Gasteiger partial charge < -0.3 is 15.3 Å². The number of benzene rings is 1. The van der Waals surface area contributed by atoms with Gasteiger partial charge in [-0.25, -0.2) is 8.42 Å². The second-order valence-electron chi connectivity index (χ2n) is 4.27. The monoisotopic (exact) mass is 309 g/mol. The van der Waals surface area contributed by atoms with Gasteiger partial charge in [0.2, 0.25) is 10.0 Å². The SMILES string of the molecule is Cc1ccc(Cl)cc1S(=O)(=O)NC(CO)(CO)CO. The molecule has 8 heteroatoms. The lowest BCUT2D eigenvalue weighted by Gasteiger charge is -2.28. The molecule has 0 radical (unpaired) electrons. The zero-order valence-corrected chi connectivity index (χ0v) is 11.9. The molecule has 108 valence electrons. The van der Waals surface area contributed by atoms with E-state index in [9.17, 15) is 8.42 Å². The van der Waals surface area contributed by atoms with Gasteiger partial charge in [0, 0.05) is 5.02 Å². The molecule has 1 aromatic rings. The molecule has 0 saturated heterocycles. The number of nitrogens with one attached hydrogen (secondary N) is 1. The number of halogens is 1. The van der Waals surface area contributed by atoms with Gasteiger partial charge >= 0.3 is 0 Å². The molecular weight excluding hydrogens is 294 g/mol. The Morgan fingerprint density at radius 3 is 2.21 bits per heavy atom. The van der Waals surface area contributed by atoms with E-state index in [0.717, 1.165) is 0 Å². The predicted molar refractivity (Wildman–Crippen MR) is 70.5 cm³/mol. The summed E-state index contributed by atoms with van der Waals surface area (Å²) in [6, 6.07) is 4.35. The van der Waals surface area contributed by atoms with E-state index in [4.69, 9.17) is 26.9 Å². The fourth-order valence-electron chi connectivity index (χ4n) is 1.45. The molecule has 0 spiro atoms. The molecule has 19 heavy (non-hydrogen) atoms. The summed E-state index contributed by atoms with van der Waals surface area (Å²) in [4.78, 5) is -0.0697. The van der Waals surface area contributed by atoms with Crippen LogP contribution in [0, 0.1) is 6.92 Å². The standard InChI is InChI=1S/C11H16ClNO5S/c1-8-2-3-9(12)4-10(8)19(17,18)13-11(5-14,6-15)7-16/h2-4,13-16H,5-7H2,1H3. The van der Waals surface area contributed by atoms with E-state index in [1.807, 2.05) is 0 Å². The van der Waals surface area contributed by atoms with Crippen LogP contribution in [0.5, 0.6) is 0 Å². The third-order valence-electron chi connectivity index (χ3n) is 2.70. The molecule has 1 aromatic carbocycles. The first-order chi connectivity index (χ1) is 8.80. The average molecular weight is 310 g/mol. The maximum atomic E-state index is 12.2. The molecule has 4 N–H and O–H groups in total. The summed E-state index contributed by atoms with van der Waals surface area (Å²) in [6.45, 7) is -0.625. The molecule has 0 atom stereocenters. The second kappa shape index (κ2) is 6.17. The Hall–Kier alpha value is -0.700. The molecule has 6 nitrogen and oxygen atoms in total. The summed E-state index contributed by atoms with van der Waals surface area (Å²) < 4.78 is 26.5. The average Bonchev–Trinajstić information content (AvgIpc) is 2.39. The molecule has 0 bridgehead atoms. The lowest BCUT2D eigenvalue weighted by atomic mass is 10.1. The third-order valence-corrected chi connectivity index (χ3v) is 4.65. The second-order valence-corrected chi connectivity index (χ2v) is 6.36. The molecule has 0 aliphatic carbocycles. The largest absolute Gasteiger partial charge is 0.394 e. The van der Waals surface area contributed by atoms with Crippen molar-refractivity contribution < 1.29 is 23.7 Å². The molecule has 0 amide bonds. The number of aliphatic hydroxyl groups excluding tert-OH is 3. The normalized spacial score (nSPS) is 12.7. The lowest BCUT2D eigenvalue weighted by Crippen LogP contribution is -2.56. The Balaban J connectivity index is 3.21. The van der Waals surface area contributed by atoms with E-state index in [-0.39, 0.29) is 9.92 Å². The first-order valence-electron chi connectivity index (χ1n) is 5.43. The fourth-order valence-corrected chi connectivity index (χ4v) is 3.33. The molecule has 1 rings (SSSR count). The minimum atomic E-state index is -4.02. The Morgan fingerprint density at radius 2 is 1.74 bits per heavy atom. The minimum absolute atomic E-state index is 0.0697. The fraction of sp³-hybridized carbons (Fsp3) is 0.455. The van der Waals surface area contributed by atoms with Gasteiger partial charge in [0.25, 0.3) is 0 Å². The highest BCUT2D eigenvalue weighted by atomic mass is 35.5. The van der Waals surface area contributed by atoms with Gasteiger partial charge in [0.1, 0.15) is 5.54 Å². The highest BCUT2D eigenvalue weighted by Crippen LogP contribution is 2.21. The van der Waals surface area contributed by atoms with Gasteiger partial charge in [0.05, 0.1) is 24.7 Å². The molecule has 0 aliphatic rings. The third kappa shape index (κ3) is 3.65. The maximum Gasteiger partial charge on any atom is 0.241 e. The Kier molecular flexibility index (Phi) is 5.31. The highest BCUT2D eigenvalue weighted by molar-refractivity contribution is 7.89. The first-order valence-corrected chi connectivity index (χ1v) is 7.29. The van der Waals surface area contributed by atoms with E-state index in [1.54, 1.807) is 13.0 Å². The van der Waals surface area contributed by atoms with Gasteiger partial charge in [-0.1, -0.05) is 17.7 Å². The zero-order valence-electron chi connectivity index (χ0n) is 10.3. The topological polar surface area (TPSA) is 107 Å². The summed E-state index contributed by atoms with van der Waals surface area (Å²) in [5, 5.41) is 27.7. The number of aliphatic hydroxyl groups is 3. The van der Waals surface area contributed by atoms with Crippen LogP contribution in [0.1, 0.15) is 5.56 Å². The summed E-state index contributed by atoms with van der Waals surface area (Å²) in [5.74, 6) is 0.